The predicted octanol–water partition coefficient (Wildman–Crippen LogP) is 4.31. The molecule has 0 aliphatic heterocycles. The molecule has 0 saturated heterocycles. The molecule has 3 rings (SSSR count). The number of pyridine rings is 1. The van der Waals surface area contributed by atoms with Crippen LogP contribution in [0, 0.1) is 0 Å². The summed E-state index contributed by atoms with van der Waals surface area (Å²) < 4.78 is 6.06. The summed E-state index contributed by atoms with van der Waals surface area (Å²) in [6.07, 6.45) is 1.79. The van der Waals surface area contributed by atoms with Crippen LogP contribution in [0.3, 0.4) is 0 Å². The molecule has 1 heterocycles. The number of hydrogen-bond donors (Lipinski definition) is 1. The Labute approximate surface area is 124 Å². The summed E-state index contributed by atoms with van der Waals surface area (Å²) in [5, 5.41) is 4.26. The third-order valence-corrected chi connectivity index (χ3v) is 3.62. The molecular formula is C18H18N2O. The van der Waals surface area contributed by atoms with Crippen molar-refractivity contribution in [2.24, 2.45) is 0 Å². The molecule has 0 spiro atoms. The van der Waals surface area contributed by atoms with Crippen LogP contribution >= 0.6 is 0 Å². The van der Waals surface area contributed by atoms with E-state index in [4.69, 9.17) is 4.74 Å². The largest absolute Gasteiger partial charge is 0.457 e. The molecule has 1 aromatic heterocycles. The lowest BCUT2D eigenvalue weighted by atomic mass is 10.1. The Morgan fingerprint density at radius 1 is 1.05 bits per heavy atom. The molecule has 106 valence electrons. The first kappa shape index (κ1) is 13.6. The van der Waals surface area contributed by atoms with Crippen molar-refractivity contribution in [3.8, 4) is 11.5 Å². The van der Waals surface area contributed by atoms with Gasteiger partial charge in [0.1, 0.15) is 11.5 Å². The van der Waals surface area contributed by atoms with Crippen LogP contribution in [0.2, 0.25) is 0 Å². The Morgan fingerprint density at radius 2 is 1.90 bits per heavy atom. The van der Waals surface area contributed by atoms with E-state index in [1.165, 1.54) is 5.56 Å². The van der Waals surface area contributed by atoms with E-state index in [1.54, 1.807) is 6.20 Å². The first-order valence-corrected chi connectivity index (χ1v) is 7.07. The predicted molar refractivity (Wildman–Crippen MR) is 85.7 cm³/mol. The van der Waals surface area contributed by atoms with Crippen LogP contribution in [-0.4, -0.2) is 12.0 Å². The van der Waals surface area contributed by atoms with Gasteiger partial charge in [-0.05, 0) is 55.9 Å². The first-order valence-electron chi connectivity index (χ1n) is 7.07. The zero-order chi connectivity index (χ0) is 14.7. The normalized spacial score (nSPS) is 12.3. The van der Waals surface area contributed by atoms with Crippen molar-refractivity contribution < 1.29 is 4.74 Å². The second kappa shape index (κ2) is 5.94. The van der Waals surface area contributed by atoms with E-state index in [9.17, 15) is 0 Å². The van der Waals surface area contributed by atoms with Crippen molar-refractivity contribution in [2.45, 2.75) is 13.0 Å². The summed E-state index contributed by atoms with van der Waals surface area (Å²) in [6, 6.07) is 18.3. The van der Waals surface area contributed by atoms with Gasteiger partial charge in [0.05, 0.1) is 5.52 Å². The standard InChI is InChI=1S/C18H18N2O/c1-13(19-2)14-6-3-7-15(12-14)21-18-10-4-9-17-16(18)8-5-11-20-17/h3-13,19H,1-2H3. The molecule has 1 atom stereocenters. The number of fused-ring (bicyclic) bond motifs is 1. The van der Waals surface area contributed by atoms with E-state index in [-0.39, 0.29) is 0 Å². The van der Waals surface area contributed by atoms with Gasteiger partial charge in [-0.1, -0.05) is 18.2 Å². The Bertz CT molecular complexity index is 750. The molecular weight excluding hydrogens is 260 g/mol. The number of benzene rings is 2. The van der Waals surface area contributed by atoms with E-state index >= 15 is 0 Å². The van der Waals surface area contributed by atoms with E-state index in [0.717, 1.165) is 22.4 Å². The van der Waals surface area contributed by atoms with Crippen LogP contribution in [-0.2, 0) is 0 Å². The fourth-order valence-electron chi connectivity index (χ4n) is 2.31. The number of rotatable bonds is 4. The number of ether oxygens (including phenoxy) is 1. The maximum atomic E-state index is 6.06. The monoisotopic (exact) mass is 278 g/mol. The Kier molecular flexibility index (Phi) is 3.84. The molecule has 21 heavy (non-hydrogen) atoms. The SMILES string of the molecule is CNC(C)c1cccc(Oc2cccc3ncccc23)c1. The minimum atomic E-state index is 0.294. The van der Waals surface area contributed by atoms with Crippen molar-refractivity contribution in [3.05, 3.63) is 66.4 Å². The van der Waals surface area contributed by atoms with Crippen molar-refractivity contribution in [2.75, 3.05) is 7.05 Å². The highest BCUT2D eigenvalue weighted by molar-refractivity contribution is 5.85. The number of nitrogens with zero attached hydrogens (tertiary/aromatic N) is 1. The fraction of sp³-hybridized carbons (Fsp3) is 0.167. The molecule has 0 aliphatic rings. The van der Waals surface area contributed by atoms with Gasteiger partial charge in [-0.15, -0.1) is 0 Å². The van der Waals surface area contributed by atoms with Crippen LogP contribution in [0.25, 0.3) is 10.9 Å². The van der Waals surface area contributed by atoms with Gasteiger partial charge in [0.25, 0.3) is 0 Å². The molecule has 2 aromatic carbocycles. The van der Waals surface area contributed by atoms with Crippen molar-refractivity contribution in [1.82, 2.24) is 10.3 Å². The van der Waals surface area contributed by atoms with Crippen LogP contribution in [0.5, 0.6) is 11.5 Å². The summed E-state index contributed by atoms with van der Waals surface area (Å²) in [5.41, 5.74) is 2.14. The molecule has 3 aromatic rings. The molecule has 3 nitrogen and oxygen atoms in total. The lowest BCUT2D eigenvalue weighted by Crippen LogP contribution is -2.12. The average molecular weight is 278 g/mol. The molecule has 0 amide bonds. The smallest absolute Gasteiger partial charge is 0.136 e. The fourth-order valence-corrected chi connectivity index (χ4v) is 2.31. The zero-order valence-corrected chi connectivity index (χ0v) is 12.2. The van der Waals surface area contributed by atoms with Crippen LogP contribution in [0.4, 0.5) is 0 Å². The summed E-state index contributed by atoms with van der Waals surface area (Å²) in [6.45, 7) is 2.13. The summed E-state index contributed by atoms with van der Waals surface area (Å²) >= 11 is 0. The molecule has 1 unspecified atom stereocenters. The topological polar surface area (TPSA) is 34.1 Å². The Balaban J connectivity index is 1.95. The number of aromatic nitrogens is 1. The third kappa shape index (κ3) is 2.88. The maximum Gasteiger partial charge on any atom is 0.136 e. The second-order valence-corrected chi connectivity index (χ2v) is 5.01. The lowest BCUT2D eigenvalue weighted by Gasteiger charge is -2.13. The molecule has 0 bridgehead atoms. The highest BCUT2D eigenvalue weighted by Crippen LogP contribution is 2.29. The molecule has 0 aliphatic carbocycles. The first-order chi connectivity index (χ1) is 10.3. The van der Waals surface area contributed by atoms with Crippen molar-refractivity contribution in [1.29, 1.82) is 0 Å². The van der Waals surface area contributed by atoms with Crippen molar-refractivity contribution >= 4 is 10.9 Å². The second-order valence-electron chi connectivity index (χ2n) is 5.01. The quantitative estimate of drug-likeness (QED) is 0.772. The molecule has 0 fully saturated rings. The van der Waals surface area contributed by atoms with Crippen LogP contribution in [0.1, 0.15) is 18.5 Å². The van der Waals surface area contributed by atoms with E-state index < -0.39 is 0 Å². The number of hydrogen-bond acceptors (Lipinski definition) is 3. The van der Waals surface area contributed by atoms with Gasteiger partial charge in [0, 0.05) is 17.6 Å². The van der Waals surface area contributed by atoms with Crippen LogP contribution < -0.4 is 10.1 Å². The molecule has 0 radical (unpaired) electrons. The summed E-state index contributed by atoms with van der Waals surface area (Å²) in [7, 11) is 1.95. The van der Waals surface area contributed by atoms with Crippen molar-refractivity contribution in [3.63, 3.8) is 0 Å². The Morgan fingerprint density at radius 3 is 2.76 bits per heavy atom. The van der Waals surface area contributed by atoms with Gasteiger partial charge < -0.3 is 10.1 Å². The van der Waals surface area contributed by atoms with Gasteiger partial charge in [0.15, 0.2) is 0 Å². The third-order valence-electron chi connectivity index (χ3n) is 3.62. The van der Waals surface area contributed by atoms with Gasteiger partial charge in [0.2, 0.25) is 0 Å². The van der Waals surface area contributed by atoms with Gasteiger partial charge in [-0.2, -0.15) is 0 Å². The highest BCUT2D eigenvalue weighted by Gasteiger charge is 2.06. The van der Waals surface area contributed by atoms with Gasteiger partial charge in [-0.25, -0.2) is 0 Å². The van der Waals surface area contributed by atoms with E-state index in [1.807, 2.05) is 49.5 Å². The molecule has 0 saturated carbocycles. The minimum Gasteiger partial charge on any atom is -0.457 e. The lowest BCUT2D eigenvalue weighted by molar-refractivity contribution is 0.486. The minimum absolute atomic E-state index is 0.294. The van der Waals surface area contributed by atoms with Gasteiger partial charge in [-0.3, -0.25) is 4.98 Å². The van der Waals surface area contributed by atoms with E-state index in [0.29, 0.717) is 6.04 Å². The molecule has 1 N–H and O–H groups in total. The maximum absolute atomic E-state index is 6.06. The zero-order valence-electron chi connectivity index (χ0n) is 12.2. The van der Waals surface area contributed by atoms with Crippen LogP contribution in [0.15, 0.2) is 60.8 Å². The average Bonchev–Trinajstić information content (AvgIpc) is 2.55. The number of nitrogens with one attached hydrogen (secondary N) is 1. The summed E-state index contributed by atoms with van der Waals surface area (Å²) in [5.74, 6) is 1.67. The van der Waals surface area contributed by atoms with Gasteiger partial charge >= 0.3 is 0 Å². The highest BCUT2D eigenvalue weighted by atomic mass is 16.5. The Hall–Kier alpha value is -2.39. The summed E-state index contributed by atoms with van der Waals surface area (Å²) in [4.78, 5) is 4.35. The van der Waals surface area contributed by atoms with E-state index in [2.05, 4.69) is 29.4 Å². The molecule has 3 heteroatoms.